The van der Waals surface area contributed by atoms with Crippen molar-refractivity contribution in [1.82, 2.24) is 15.5 Å². The second-order valence-electron chi connectivity index (χ2n) is 6.41. The van der Waals surface area contributed by atoms with Crippen LogP contribution in [0.15, 0.2) is 24.3 Å². The number of imide groups is 1. The van der Waals surface area contributed by atoms with E-state index in [0.717, 1.165) is 38.2 Å². The van der Waals surface area contributed by atoms with Crippen LogP contribution in [0.5, 0.6) is 0 Å². The van der Waals surface area contributed by atoms with Gasteiger partial charge in [0.25, 0.3) is 5.91 Å². The number of nitrogens with two attached hydrogens (primary N) is 1. The molecule has 0 saturated carbocycles. The second-order valence-corrected chi connectivity index (χ2v) is 6.41. The normalized spacial score (nSPS) is 26.8. The monoisotopic (exact) mass is 302 g/mol. The number of nitrogen functional groups attached to an aromatic ring is 1. The number of rotatable bonds is 3. The van der Waals surface area contributed by atoms with E-state index in [1.807, 2.05) is 25.1 Å². The van der Waals surface area contributed by atoms with Gasteiger partial charge in [0.05, 0.1) is 0 Å². The second kappa shape index (κ2) is 5.61. The molecular formula is C16H22N4O2. The number of anilines is 1. The SMILES string of the molecule is CC1(C2CCN(Cc3cccc(N)c3)CC2)NC(=O)NC1=O. The summed E-state index contributed by atoms with van der Waals surface area (Å²) in [6.45, 7) is 4.52. The van der Waals surface area contributed by atoms with Crippen molar-refractivity contribution in [1.29, 1.82) is 0 Å². The van der Waals surface area contributed by atoms with E-state index in [9.17, 15) is 9.59 Å². The van der Waals surface area contributed by atoms with Gasteiger partial charge in [0.1, 0.15) is 5.54 Å². The molecule has 3 amide bonds. The van der Waals surface area contributed by atoms with Crippen LogP contribution in [0.3, 0.4) is 0 Å². The molecule has 2 aliphatic heterocycles. The van der Waals surface area contributed by atoms with E-state index in [-0.39, 0.29) is 17.9 Å². The molecule has 0 aliphatic carbocycles. The summed E-state index contributed by atoms with van der Waals surface area (Å²) in [5, 5.41) is 5.13. The summed E-state index contributed by atoms with van der Waals surface area (Å²) in [5.74, 6) is -0.0252. The number of nitrogens with one attached hydrogen (secondary N) is 2. The van der Waals surface area contributed by atoms with Crippen LogP contribution in [-0.4, -0.2) is 35.5 Å². The number of piperidine rings is 1. The molecule has 1 unspecified atom stereocenters. The van der Waals surface area contributed by atoms with E-state index in [2.05, 4.69) is 21.6 Å². The first-order valence-corrected chi connectivity index (χ1v) is 7.68. The van der Waals surface area contributed by atoms with Crippen LogP contribution in [0.4, 0.5) is 10.5 Å². The molecule has 6 nitrogen and oxygen atoms in total. The zero-order valence-electron chi connectivity index (χ0n) is 12.8. The Balaban J connectivity index is 1.59. The molecule has 4 N–H and O–H groups in total. The number of hydrogen-bond donors (Lipinski definition) is 3. The van der Waals surface area contributed by atoms with Crippen molar-refractivity contribution in [2.75, 3.05) is 18.8 Å². The Morgan fingerprint density at radius 3 is 2.64 bits per heavy atom. The fourth-order valence-electron chi connectivity index (χ4n) is 3.46. The third-order valence-corrected chi connectivity index (χ3v) is 4.83. The molecule has 0 radical (unpaired) electrons. The van der Waals surface area contributed by atoms with Gasteiger partial charge in [0.2, 0.25) is 0 Å². The summed E-state index contributed by atoms with van der Waals surface area (Å²) in [6.07, 6.45) is 1.79. The highest BCUT2D eigenvalue weighted by Crippen LogP contribution is 2.31. The van der Waals surface area contributed by atoms with Crippen molar-refractivity contribution in [3.63, 3.8) is 0 Å². The molecule has 2 aliphatic rings. The predicted octanol–water partition coefficient (Wildman–Crippen LogP) is 1.08. The van der Waals surface area contributed by atoms with Gasteiger partial charge in [-0.2, -0.15) is 0 Å². The number of carbonyl (C=O) groups excluding carboxylic acids is 2. The Morgan fingerprint density at radius 2 is 2.05 bits per heavy atom. The molecule has 22 heavy (non-hydrogen) atoms. The quantitative estimate of drug-likeness (QED) is 0.576. The van der Waals surface area contributed by atoms with Crippen molar-refractivity contribution in [2.24, 2.45) is 5.92 Å². The molecule has 0 spiro atoms. The average molecular weight is 302 g/mol. The van der Waals surface area contributed by atoms with Gasteiger partial charge >= 0.3 is 6.03 Å². The molecule has 2 saturated heterocycles. The van der Waals surface area contributed by atoms with Crippen LogP contribution in [0, 0.1) is 5.92 Å². The molecule has 2 fully saturated rings. The van der Waals surface area contributed by atoms with E-state index >= 15 is 0 Å². The molecule has 118 valence electrons. The number of carbonyl (C=O) groups is 2. The van der Waals surface area contributed by atoms with Gasteiger partial charge in [-0.3, -0.25) is 15.0 Å². The Morgan fingerprint density at radius 1 is 1.32 bits per heavy atom. The number of amides is 3. The van der Waals surface area contributed by atoms with Crippen molar-refractivity contribution in [2.45, 2.75) is 31.8 Å². The molecule has 0 aromatic heterocycles. The van der Waals surface area contributed by atoms with Crippen LogP contribution in [0.25, 0.3) is 0 Å². The topological polar surface area (TPSA) is 87.5 Å². The lowest BCUT2D eigenvalue weighted by Crippen LogP contribution is -2.53. The Bertz CT molecular complexity index is 596. The van der Waals surface area contributed by atoms with Crippen LogP contribution in [0.1, 0.15) is 25.3 Å². The third-order valence-electron chi connectivity index (χ3n) is 4.83. The number of urea groups is 1. The van der Waals surface area contributed by atoms with Gasteiger partial charge in [-0.1, -0.05) is 12.1 Å². The Hall–Kier alpha value is -2.08. The van der Waals surface area contributed by atoms with E-state index < -0.39 is 5.54 Å². The van der Waals surface area contributed by atoms with E-state index in [1.54, 1.807) is 0 Å². The molecular weight excluding hydrogens is 280 g/mol. The minimum atomic E-state index is -0.764. The lowest BCUT2D eigenvalue weighted by atomic mass is 9.79. The number of likely N-dealkylation sites (tertiary alicyclic amines) is 1. The van der Waals surface area contributed by atoms with Crippen LogP contribution in [0.2, 0.25) is 0 Å². The minimum absolute atomic E-state index is 0.177. The van der Waals surface area contributed by atoms with Gasteiger partial charge in [0, 0.05) is 12.2 Å². The minimum Gasteiger partial charge on any atom is -0.399 e. The highest BCUT2D eigenvalue weighted by molar-refractivity contribution is 6.06. The van der Waals surface area contributed by atoms with Crippen molar-refractivity contribution >= 4 is 17.6 Å². The average Bonchev–Trinajstić information content (AvgIpc) is 2.73. The zero-order valence-corrected chi connectivity index (χ0v) is 12.8. The molecule has 6 heteroatoms. The highest BCUT2D eigenvalue weighted by Gasteiger charge is 2.48. The van der Waals surface area contributed by atoms with Crippen LogP contribution < -0.4 is 16.4 Å². The van der Waals surface area contributed by atoms with Crippen LogP contribution >= 0.6 is 0 Å². The zero-order chi connectivity index (χ0) is 15.7. The standard InChI is InChI=1S/C16H22N4O2/c1-16(14(21)18-15(22)19-16)12-5-7-20(8-6-12)10-11-3-2-4-13(17)9-11/h2-4,9,12H,5-8,10,17H2,1H3,(H2,18,19,21,22). The molecule has 0 bridgehead atoms. The fraction of sp³-hybridized carbons (Fsp3) is 0.500. The van der Waals surface area contributed by atoms with Gasteiger partial charge in [-0.25, -0.2) is 4.79 Å². The maximum absolute atomic E-state index is 12.0. The first-order chi connectivity index (χ1) is 10.5. The highest BCUT2D eigenvalue weighted by atomic mass is 16.2. The van der Waals surface area contributed by atoms with E-state index in [0.29, 0.717) is 0 Å². The first-order valence-electron chi connectivity index (χ1n) is 7.68. The summed E-state index contributed by atoms with van der Waals surface area (Å²) < 4.78 is 0. The van der Waals surface area contributed by atoms with Crippen LogP contribution in [-0.2, 0) is 11.3 Å². The Kier molecular flexibility index (Phi) is 3.78. The fourth-order valence-corrected chi connectivity index (χ4v) is 3.46. The molecule has 2 heterocycles. The number of hydrogen-bond acceptors (Lipinski definition) is 4. The molecule has 1 atom stereocenters. The lowest BCUT2D eigenvalue weighted by Gasteiger charge is -2.38. The van der Waals surface area contributed by atoms with E-state index in [1.165, 1.54) is 5.56 Å². The van der Waals surface area contributed by atoms with Gasteiger partial charge < -0.3 is 11.1 Å². The summed E-state index contributed by atoms with van der Waals surface area (Å²) in [6, 6.07) is 7.55. The lowest BCUT2D eigenvalue weighted by molar-refractivity contribution is -0.125. The third kappa shape index (κ3) is 2.78. The number of nitrogens with zero attached hydrogens (tertiary/aromatic N) is 1. The van der Waals surface area contributed by atoms with E-state index in [4.69, 9.17) is 5.73 Å². The largest absolute Gasteiger partial charge is 0.399 e. The maximum Gasteiger partial charge on any atom is 0.322 e. The predicted molar refractivity (Wildman–Crippen MR) is 83.9 cm³/mol. The summed E-state index contributed by atoms with van der Waals surface area (Å²) in [5.41, 5.74) is 7.04. The first kappa shape index (κ1) is 14.8. The maximum atomic E-state index is 12.0. The van der Waals surface area contributed by atoms with Gasteiger partial charge in [-0.05, 0) is 56.5 Å². The Labute approximate surface area is 130 Å². The molecule has 1 aromatic carbocycles. The van der Waals surface area contributed by atoms with Crippen molar-refractivity contribution in [3.05, 3.63) is 29.8 Å². The van der Waals surface area contributed by atoms with Crippen molar-refractivity contribution < 1.29 is 9.59 Å². The van der Waals surface area contributed by atoms with Crippen molar-refractivity contribution in [3.8, 4) is 0 Å². The van der Waals surface area contributed by atoms with Gasteiger partial charge in [0.15, 0.2) is 0 Å². The summed E-state index contributed by atoms with van der Waals surface area (Å²) in [4.78, 5) is 25.7. The smallest absolute Gasteiger partial charge is 0.322 e. The summed E-state index contributed by atoms with van der Waals surface area (Å²) in [7, 11) is 0. The van der Waals surface area contributed by atoms with Gasteiger partial charge in [-0.15, -0.1) is 0 Å². The molecule has 1 aromatic rings. The summed E-state index contributed by atoms with van der Waals surface area (Å²) >= 11 is 0. The number of benzene rings is 1. The molecule has 3 rings (SSSR count).